The van der Waals surface area contributed by atoms with Crippen molar-refractivity contribution < 1.29 is 9.66 Å². The van der Waals surface area contributed by atoms with E-state index in [2.05, 4.69) is 0 Å². The highest BCUT2D eigenvalue weighted by atomic mass is 32.2. The molecule has 2 aromatic rings. The minimum atomic E-state index is -0.420. The molecule has 0 spiro atoms. The first-order chi connectivity index (χ1) is 8.58. The number of ether oxygens (including phenoxy) is 1. The monoisotopic (exact) mass is 299 g/mol. The predicted octanol–water partition coefficient (Wildman–Crippen LogP) is 4.27. The van der Waals surface area contributed by atoms with Crippen LogP contribution in [0.15, 0.2) is 22.4 Å². The van der Waals surface area contributed by atoms with Crippen LogP contribution >= 0.6 is 35.3 Å². The molecule has 0 aliphatic heterocycles. The summed E-state index contributed by atoms with van der Waals surface area (Å²) in [6.45, 7) is 0. The van der Waals surface area contributed by atoms with Crippen molar-refractivity contribution in [3.8, 4) is 5.75 Å². The molecule has 18 heavy (non-hydrogen) atoms. The lowest BCUT2D eigenvalue weighted by Crippen LogP contribution is -1.91. The van der Waals surface area contributed by atoms with Gasteiger partial charge in [0.2, 0.25) is 0 Å². The normalized spacial score (nSPS) is 10.6. The Morgan fingerprint density at radius 1 is 1.44 bits per heavy atom. The van der Waals surface area contributed by atoms with Gasteiger partial charge in [-0.3, -0.25) is 10.1 Å². The summed E-state index contributed by atoms with van der Waals surface area (Å²) in [4.78, 5) is 10.4. The Balaban J connectivity index is 2.89. The summed E-state index contributed by atoms with van der Waals surface area (Å²) in [7, 11) is 1.56. The number of non-ortho nitro benzene ring substituents is 1. The van der Waals surface area contributed by atoms with Gasteiger partial charge in [-0.2, -0.15) is 0 Å². The molecule has 1 heterocycles. The molecule has 4 nitrogen and oxygen atoms in total. The summed E-state index contributed by atoms with van der Waals surface area (Å²) < 4.78 is 7.00. The molecule has 0 atom stereocenters. The molecule has 94 valence electrons. The molecule has 0 N–H and O–H groups in total. The molecule has 0 bridgehead atoms. The van der Waals surface area contributed by atoms with Crippen LogP contribution in [0.25, 0.3) is 10.8 Å². The maximum absolute atomic E-state index is 10.8. The third kappa shape index (κ3) is 2.21. The van der Waals surface area contributed by atoms with Crippen molar-refractivity contribution in [3.05, 3.63) is 32.1 Å². The Labute approximate surface area is 117 Å². The van der Waals surface area contributed by atoms with Crippen molar-refractivity contribution in [3.63, 3.8) is 0 Å². The maximum Gasteiger partial charge on any atom is 0.270 e. The second-order valence-corrected chi connectivity index (χ2v) is 6.16. The average molecular weight is 299 g/mol. The topological polar surface area (TPSA) is 52.4 Å². The minimum absolute atomic E-state index is 0.0402. The fraction of sp³-hybridized carbons (Fsp3) is 0.182. The van der Waals surface area contributed by atoms with Crippen LogP contribution in [0.5, 0.6) is 5.75 Å². The third-order valence-electron chi connectivity index (χ3n) is 2.44. The first-order valence-corrected chi connectivity index (χ1v) is 7.36. The van der Waals surface area contributed by atoms with E-state index in [1.165, 1.54) is 35.2 Å². The molecule has 1 aromatic heterocycles. The average Bonchev–Trinajstić information content (AvgIpc) is 2.37. The van der Waals surface area contributed by atoms with E-state index in [-0.39, 0.29) is 5.69 Å². The smallest absolute Gasteiger partial charge is 0.270 e. The van der Waals surface area contributed by atoms with E-state index in [0.29, 0.717) is 15.0 Å². The quantitative estimate of drug-likeness (QED) is 0.366. The van der Waals surface area contributed by atoms with Crippen LogP contribution in [0.2, 0.25) is 0 Å². The number of nitrogens with zero attached hydrogens (tertiary/aromatic N) is 1. The van der Waals surface area contributed by atoms with Crippen molar-refractivity contribution >= 4 is 51.8 Å². The van der Waals surface area contributed by atoms with Gasteiger partial charge in [-0.15, -0.1) is 23.1 Å². The number of hydrogen-bond acceptors (Lipinski definition) is 6. The van der Waals surface area contributed by atoms with Gasteiger partial charge in [-0.1, -0.05) is 12.2 Å². The summed E-state index contributed by atoms with van der Waals surface area (Å²) >= 11 is 8.28. The number of benzene rings is 1. The fourth-order valence-corrected chi connectivity index (χ4v) is 3.93. The number of hydrogen-bond donors (Lipinski definition) is 0. The molecule has 0 saturated carbocycles. The Kier molecular flexibility index (Phi) is 3.84. The Hall–Kier alpha value is -1.18. The van der Waals surface area contributed by atoms with Gasteiger partial charge in [-0.25, -0.2) is 0 Å². The van der Waals surface area contributed by atoms with Gasteiger partial charge in [0.25, 0.3) is 5.69 Å². The highest BCUT2D eigenvalue weighted by molar-refractivity contribution is 8.00. The van der Waals surface area contributed by atoms with E-state index in [4.69, 9.17) is 17.0 Å². The summed E-state index contributed by atoms with van der Waals surface area (Å²) in [5.74, 6) is 0.653. The van der Waals surface area contributed by atoms with Gasteiger partial charge in [0.05, 0.1) is 15.9 Å². The second-order valence-electron chi connectivity index (χ2n) is 3.40. The molecule has 0 amide bonds. The highest BCUT2D eigenvalue weighted by Crippen LogP contribution is 2.40. The molecule has 0 unspecified atom stereocenters. The van der Waals surface area contributed by atoms with Crippen LogP contribution in [-0.2, 0) is 0 Å². The lowest BCUT2D eigenvalue weighted by atomic mass is 10.2. The summed E-state index contributed by atoms with van der Waals surface area (Å²) in [6.07, 6.45) is 1.92. The maximum atomic E-state index is 10.8. The number of thioether (sulfide) groups is 1. The van der Waals surface area contributed by atoms with Crippen LogP contribution in [0.1, 0.15) is 0 Å². The van der Waals surface area contributed by atoms with Crippen molar-refractivity contribution in [1.29, 1.82) is 0 Å². The zero-order valence-corrected chi connectivity index (χ0v) is 12.1. The lowest BCUT2D eigenvalue weighted by molar-refractivity contribution is -0.384. The number of nitro benzene ring substituents is 1. The zero-order chi connectivity index (χ0) is 13.3. The SMILES string of the molecule is COc1c(SC)sc(=S)c2ccc([N+](=O)[O-])cc12. The molecule has 1 aromatic carbocycles. The predicted molar refractivity (Wildman–Crippen MR) is 77.6 cm³/mol. The van der Waals surface area contributed by atoms with E-state index >= 15 is 0 Å². The number of methoxy groups -OCH3 is 1. The van der Waals surface area contributed by atoms with E-state index in [1.54, 1.807) is 13.2 Å². The van der Waals surface area contributed by atoms with Gasteiger partial charge in [0.15, 0.2) is 5.75 Å². The van der Waals surface area contributed by atoms with Crippen molar-refractivity contribution in [2.75, 3.05) is 13.4 Å². The van der Waals surface area contributed by atoms with Gasteiger partial charge in [0, 0.05) is 22.9 Å². The number of nitro groups is 1. The van der Waals surface area contributed by atoms with Crippen LogP contribution in [0.4, 0.5) is 5.69 Å². The summed E-state index contributed by atoms with van der Waals surface area (Å²) in [6, 6.07) is 4.65. The number of rotatable bonds is 3. The van der Waals surface area contributed by atoms with Gasteiger partial charge in [-0.05, 0) is 12.3 Å². The first kappa shape index (κ1) is 13.3. The molecule has 0 fully saturated rings. The van der Waals surface area contributed by atoms with Gasteiger partial charge < -0.3 is 4.74 Å². The van der Waals surface area contributed by atoms with Crippen LogP contribution in [0, 0.1) is 13.9 Å². The highest BCUT2D eigenvalue weighted by Gasteiger charge is 2.14. The Morgan fingerprint density at radius 2 is 2.17 bits per heavy atom. The number of fused-ring (bicyclic) bond motifs is 1. The molecule has 0 saturated heterocycles. The van der Waals surface area contributed by atoms with Crippen molar-refractivity contribution in [2.45, 2.75) is 4.21 Å². The molecule has 7 heteroatoms. The summed E-state index contributed by atoms with van der Waals surface area (Å²) in [5, 5.41) is 12.3. The van der Waals surface area contributed by atoms with Crippen molar-refractivity contribution in [1.82, 2.24) is 0 Å². The molecule has 0 radical (unpaired) electrons. The van der Waals surface area contributed by atoms with E-state index in [9.17, 15) is 10.1 Å². The van der Waals surface area contributed by atoms with Gasteiger partial charge in [0.1, 0.15) is 4.21 Å². The van der Waals surface area contributed by atoms with E-state index in [1.807, 2.05) is 6.26 Å². The molecule has 2 rings (SSSR count). The lowest BCUT2D eigenvalue weighted by Gasteiger charge is -2.09. The largest absolute Gasteiger partial charge is 0.494 e. The standard InChI is InChI=1S/C11H9NO3S3/c1-15-9-8-5-6(12(13)14)3-4-7(8)10(16)18-11(9)17-2/h3-5H,1-2H3. The van der Waals surface area contributed by atoms with E-state index < -0.39 is 4.92 Å². The van der Waals surface area contributed by atoms with Crippen LogP contribution in [-0.4, -0.2) is 18.3 Å². The molecular weight excluding hydrogens is 290 g/mol. The van der Waals surface area contributed by atoms with Crippen LogP contribution in [0.3, 0.4) is 0 Å². The fourth-order valence-electron chi connectivity index (χ4n) is 1.63. The third-order valence-corrected chi connectivity index (χ3v) is 4.99. The van der Waals surface area contributed by atoms with Crippen molar-refractivity contribution in [2.24, 2.45) is 0 Å². The second kappa shape index (κ2) is 5.21. The molecule has 0 aliphatic rings. The minimum Gasteiger partial charge on any atom is -0.494 e. The zero-order valence-electron chi connectivity index (χ0n) is 9.63. The molecular formula is C11H9NO3S3. The van der Waals surface area contributed by atoms with Gasteiger partial charge >= 0.3 is 0 Å². The molecule has 0 aliphatic carbocycles. The Bertz CT molecular complexity index is 681. The first-order valence-electron chi connectivity index (χ1n) is 4.91. The van der Waals surface area contributed by atoms with E-state index in [0.717, 1.165) is 9.60 Å². The van der Waals surface area contributed by atoms with Crippen LogP contribution < -0.4 is 4.74 Å². The Morgan fingerprint density at radius 3 is 2.72 bits per heavy atom. The summed E-state index contributed by atoms with van der Waals surface area (Å²) in [5.41, 5.74) is 0.0402.